The van der Waals surface area contributed by atoms with Crippen LogP contribution in [0.1, 0.15) is 39.5 Å². The number of rotatable bonds is 5. The van der Waals surface area contributed by atoms with Gasteiger partial charge in [0, 0.05) is 12.6 Å². The SMILES string of the molecule is CCN(C(=O)C1CCCCS1)C(C)CC(=O)O. The lowest BCUT2D eigenvalue weighted by atomic mass is 10.1. The number of hydrogen-bond acceptors (Lipinski definition) is 3. The van der Waals surface area contributed by atoms with Gasteiger partial charge in [-0.25, -0.2) is 0 Å². The first-order valence-electron chi connectivity index (χ1n) is 6.20. The molecule has 17 heavy (non-hydrogen) atoms. The molecule has 4 nitrogen and oxygen atoms in total. The summed E-state index contributed by atoms with van der Waals surface area (Å²) in [5.41, 5.74) is 0. The van der Waals surface area contributed by atoms with Gasteiger partial charge in [0.05, 0.1) is 11.7 Å². The zero-order valence-electron chi connectivity index (χ0n) is 10.5. The molecule has 1 aliphatic heterocycles. The van der Waals surface area contributed by atoms with Gasteiger partial charge in [0.1, 0.15) is 0 Å². The third-order valence-electron chi connectivity index (χ3n) is 3.08. The van der Waals surface area contributed by atoms with Crippen molar-refractivity contribution in [3.8, 4) is 0 Å². The number of thioether (sulfide) groups is 1. The third kappa shape index (κ3) is 4.22. The number of amides is 1. The van der Waals surface area contributed by atoms with Gasteiger partial charge >= 0.3 is 5.97 Å². The molecule has 1 amide bonds. The minimum absolute atomic E-state index is 0.0248. The Morgan fingerprint density at radius 2 is 2.18 bits per heavy atom. The molecule has 1 heterocycles. The average Bonchev–Trinajstić information content (AvgIpc) is 2.30. The highest BCUT2D eigenvalue weighted by Crippen LogP contribution is 2.27. The number of nitrogens with zero attached hydrogens (tertiary/aromatic N) is 1. The summed E-state index contributed by atoms with van der Waals surface area (Å²) in [6.45, 7) is 4.30. The average molecular weight is 259 g/mol. The molecule has 1 aliphatic rings. The van der Waals surface area contributed by atoms with Crippen LogP contribution in [0.2, 0.25) is 0 Å². The van der Waals surface area contributed by atoms with Gasteiger partial charge < -0.3 is 10.0 Å². The van der Waals surface area contributed by atoms with E-state index in [-0.39, 0.29) is 23.6 Å². The van der Waals surface area contributed by atoms with E-state index in [4.69, 9.17) is 5.11 Å². The number of aliphatic carboxylic acids is 1. The number of carbonyl (C=O) groups is 2. The molecule has 0 spiro atoms. The van der Waals surface area contributed by atoms with Gasteiger partial charge in [-0.2, -0.15) is 0 Å². The Kier molecular flexibility index (Phi) is 5.82. The van der Waals surface area contributed by atoms with Crippen LogP contribution in [-0.2, 0) is 9.59 Å². The summed E-state index contributed by atoms with van der Waals surface area (Å²) >= 11 is 1.71. The van der Waals surface area contributed by atoms with Crippen molar-refractivity contribution in [3.05, 3.63) is 0 Å². The maximum Gasteiger partial charge on any atom is 0.305 e. The summed E-state index contributed by atoms with van der Waals surface area (Å²) in [4.78, 5) is 24.7. The van der Waals surface area contributed by atoms with Crippen molar-refractivity contribution in [1.82, 2.24) is 4.90 Å². The van der Waals surface area contributed by atoms with Crippen LogP contribution >= 0.6 is 11.8 Å². The molecular weight excluding hydrogens is 238 g/mol. The molecule has 2 unspecified atom stereocenters. The van der Waals surface area contributed by atoms with Gasteiger partial charge in [0.2, 0.25) is 5.91 Å². The van der Waals surface area contributed by atoms with E-state index < -0.39 is 5.97 Å². The monoisotopic (exact) mass is 259 g/mol. The molecule has 1 fully saturated rings. The number of hydrogen-bond donors (Lipinski definition) is 1. The van der Waals surface area contributed by atoms with Gasteiger partial charge in [0.15, 0.2) is 0 Å². The van der Waals surface area contributed by atoms with E-state index in [0.29, 0.717) is 6.54 Å². The first-order valence-corrected chi connectivity index (χ1v) is 7.25. The fraction of sp³-hybridized carbons (Fsp3) is 0.833. The molecule has 1 rings (SSSR count). The topological polar surface area (TPSA) is 57.6 Å². The zero-order valence-corrected chi connectivity index (χ0v) is 11.3. The highest BCUT2D eigenvalue weighted by Gasteiger charge is 2.29. The van der Waals surface area contributed by atoms with Crippen molar-refractivity contribution < 1.29 is 14.7 Å². The zero-order chi connectivity index (χ0) is 12.8. The Labute approximate surface area is 107 Å². The van der Waals surface area contributed by atoms with E-state index in [2.05, 4.69) is 0 Å². The molecule has 0 saturated carbocycles. The second kappa shape index (κ2) is 6.89. The lowest BCUT2D eigenvalue weighted by molar-refractivity contribution is -0.140. The Hall–Kier alpha value is -0.710. The van der Waals surface area contributed by atoms with Crippen LogP contribution in [0.5, 0.6) is 0 Å². The lowest BCUT2D eigenvalue weighted by Crippen LogP contribution is -2.44. The number of carboxylic acids is 1. The standard InChI is InChI=1S/C12H21NO3S/c1-3-13(9(2)8-11(14)15)12(16)10-6-4-5-7-17-10/h9-10H,3-8H2,1-2H3,(H,14,15). The maximum atomic E-state index is 12.3. The van der Waals surface area contributed by atoms with Gasteiger partial charge in [-0.3, -0.25) is 9.59 Å². The fourth-order valence-corrected chi connectivity index (χ4v) is 3.43. The molecule has 1 saturated heterocycles. The molecule has 98 valence electrons. The molecule has 0 aromatic rings. The summed E-state index contributed by atoms with van der Waals surface area (Å²) < 4.78 is 0. The highest BCUT2D eigenvalue weighted by molar-refractivity contribution is 8.00. The molecular formula is C12H21NO3S. The first-order chi connectivity index (χ1) is 8.06. The first kappa shape index (κ1) is 14.4. The number of carboxylic acid groups (broad SMARTS) is 1. The molecule has 1 N–H and O–H groups in total. The highest BCUT2D eigenvalue weighted by atomic mass is 32.2. The van der Waals surface area contributed by atoms with Gasteiger partial charge in [-0.1, -0.05) is 6.42 Å². The van der Waals surface area contributed by atoms with Crippen LogP contribution in [0.15, 0.2) is 0 Å². The minimum Gasteiger partial charge on any atom is -0.481 e. The predicted octanol–water partition coefficient (Wildman–Crippen LogP) is 1.98. The maximum absolute atomic E-state index is 12.3. The Morgan fingerprint density at radius 1 is 1.47 bits per heavy atom. The second-order valence-corrected chi connectivity index (χ2v) is 5.74. The third-order valence-corrected chi connectivity index (χ3v) is 4.45. The van der Waals surface area contributed by atoms with Gasteiger partial charge in [0.25, 0.3) is 0 Å². The molecule has 0 aliphatic carbocycles. The van der Waals surface area contributed by atoms with Gasteiger partial charge in [-0.05, 0) is 32.4 Å². The van der Waals surface area contributed by atoms with Crippen molar-refractivity contribution in [1.29, 1.82) is 0 Å². The van der Waals surface area contributed by atoms with Crippen molar-refractivity contribution in [3.63, 3.8) is 0 Å². The Balaban J connectivity index is 2.58. The summed E-state index contributed by atoms with van der Waals surface area (Å²) in [7, 11) is 0. The van der Waals surface area contributed by atoms with E-state index in [0.717, 1.165) is 18.6 Å². The van der Waals surface area contributed by atoms with E-state index in [1.807, 2.05) is 13.8 Å². The molecule has 0 radical (unpaired) electrons. The molecule has 0 bridgehead atoms. The molecule has 2 atom stereocenters. The minimum atomic E-state index is -0.847. The van der Waals surface area contributed by atoms with Crippen molar-refractivity contribution >= 4 is 23.6 Å². The van der Waals surface area contributed by atoms with E-state index in [1.165, 1.54) is 6.42 Å². The Morgan fingerprint density at radius 3 is 2.65 bits per heavy atom. The van der Waals surface area contributed by atoms with Crippen molar-refractivity contribution in [2.45, 2.75) is 50.8 Å². The molecule has 0 aromatic heterocycles. The van der Waals surface area contributed by atoms with E-state index >= 15 is 0 Å². The lowest BCUT2D eigenvalue weighted by Gasteiger charge is -2.32. The quantitative estimate of drug-likeness (QED) is 0.820. The summed E-state index contributed by atoms with van der Waals surface area (Å²) in [6.07, 6.45) is 3.25. The van der Waals surface area contributed by atoms with Crippen molar-refractivity contribution in [2.24, 2.45) is 0 Å². The fourth-order valence-electron chi connectivity index (χ4n) is 2.17. The van der Waals surface area contributed by atoms with Crippen LogP contribution in [0.3, 0.4) is 0 Å². The Bertz CT molecular complexity index is 277. The van der Waals surface area contributed by atoms with Crippen LogP contribution in [-0.4, -0.2) is 45.5 Å². The smallest absolute Gasteiger partial charge is 0.305 e. The van der Waals surface area contributed by atoms with Crippen LogP contribution in [0.4, 0.5) is 0 Å². The van der Waals surface area contributed by atoms with Gasteiger partial charge in [-0.15, -0.1) is 11.8 Å². The van der Waals surface area contributed by atoms with E-state index in [1.54, 1.807) is 16.7 Å². The number of carbonyl (C=O) groups excluding carboxylic acids is 1. The largest absolute Gasteiger partial charge is 0.481 e. The second-order valence-electron chi connectivity index (χ2n) is 4.43. The van der Waals surface area contributed by atoms with Crippen LogP contribution in [0, 0.1) is 0 Å². The summed E-state index contributed by atoms with van der Waals surface area (Å²) in [6, 6.07) is -0.215. The normalized spacial score (nSPS) is 21.9. The summed E-state index contributed by atoms with van der Waals surface area (Å²) in [5, 5.41) is 8.82. The predicted molar refractivity (Wildman–Crippen MR) is 69.2 cm³/mol. The van der Waals surface area contributed by atoms with E-state index in [9.17, 15) is 9.59 Å². The molecule has 0 aromatic carbocycles. The van der Waals surface area contributed by atoms with Crippen molar-refractivity contribution in [2.75, 3.05) is 12.3 Å². The van der Waals surface area contributed by atoms with Crippen LogP contribution in [0.25, 0.3) is 0 Å². The molecule has 5 heteroatoms. The van der Waals surface area contributed by atoms with Crippen LogP contribution < -0.4 is 0 Å². The summed E-state index contributed by atoms with van der Waals surface area (Å²) in [5.74, 6) is 0.312.